The zero-order chi connectivity index (χ0) is 14.2. The molecule has 3 amide bonds. The molecule has 1 fully saturated rings. The molecule has 2 aliphatic rings. The number of carbonyl (C=O) groups excluding carboxylic acids is 2. The van der Waals surface area contributed by atoms with Crippen LogP contribution in [0.2, 0.25) is 0 Å². The molecule has 0 bridgehead atoms. The van der Waals surface area contributed by atoms with Crippen LogP contribution in [0.1, 0.15) is 44.9 Å². The summed E-state index contributed by atoms with van der Waals surface area (Å²) in [5.74, 6) is 0.351. The van der Waals surface area contributed by atoms with Crippen molar-refractivity contribution in [1.29, 1.82) is 0 Å². The van der Waals surface area contributed by atoms with Gasteiger partial charge in [0.2, 0.25) is 5.91 Å². The topological polar surface area (TPSA) is 70.2 Å². The average molecular weight is 279 g/mol. The summed E-state index contributed by atoms with van der Waals surface area (Å²) in [5, 5.41) is 8.42. The molecule has 112 valence electrons. The van der Waals surface area contributed by atoms with E-state index >= 15 is 0 Å². The highest BCUT2D eigenvalue weighted by Gasteiger charge is 2.28. The summed E-state index contributed by atoms with van der Waals surface area (Å²) in [7, 11) is 0. The molecule has 20 heavy (non-hydrogen) atoms. The lowest BCUT2D eigenvalue weighted by Crippen LogP contribution is -2.40. The third-order valence-corrected chi connectivity index (χ3v) is 3.77. The monoisotopic (exact) mass is 279 g/mol. The Balaban J connectivity index is 1.45. The number of carbonyl (C=O) groups is 2. The van der Waals surface area contributed by atoms with Crippen LogP contribution >= 0.6 is 0 Å². The molecule has 0 spiro atoms. The Morgan fingerprint density at radius 2 is 1.80 bits per heavy atom. The highest BCUT2D eigenvalue weighted by molar-refractivity contribution is 5.80. The van der Waals surface area contributed by atoms with Gasteiger partial charge in [-0.1, -0.05) is 11.6 Å². The molecule has 0 saturated heterocycles. The van der Waals surface area contributed by atoms with Crippen molar-refractivity contribution in [3.05, 3.63) is 11.6 Å². The summed E-state index contributed by atoms with van der Waals surface area (Å²) < 4.78 is 0. The summed E-state index contributed by atoms with van der Waals surface area (Å²) in [5.41, 5.74) is 1.47. The zero-order valence-corrected chi connectivity index (χ0v) is 12.0. The first kappa shape index (κ1) is 14.9. The van der Waals surface area contributed by atoms with Crippen molar-refractivity contribution in [2.24, 2.45) is 5.92 Å². The van der Waals surface area contributed by atoms with E-state index in [0.29, 0.717) is 19.6 Å². The minimum absolute atomic E-state index is 0.122. The third-order valence-electron chi connectivity index (χ3n) is 3.77. The molecule has 0 aliphatic heterocycles. The van der Waals surface area contributed by atoms with Gasteiger partial charge in [0.1, 0.15) is 0 Å². The summed E-state index contributed by atoms with van der Waals surface area (Å²) in [4.78, 5) is 22.9. The number of urea groups is 1. The van der Waals surface area contributed by atoms with Crippen LogP contribution in [0.4, 0.5) is 4.79 Å². The van der Waals surface area contributed by atoms with Crippen LogP contribution in [0.15, 0.2) is 11.6 Å². The van der Waals surface area contributed by atoms with E-state index in [1.165, 1.54) is 31.3 Å². The minimum Gasteiger partial charge on any atom is -0.354 e. The average Bonchev–Trinajstić information content (AvgIpc) is 3.29. The summed E-state index contributed by atoms with van der Waals surface area (Å²) in [6.07, 6.45) is 10.2. The lowest BCUT2D eigenvalue weighted by Gasteiger charge is -2.13. The predicted octanol–water partition coefficient (Wildman–Crippen LogP) is 1.70. The van der Waals surface area contributed by atoms with E-state index < -0.39 is 0 Å². The molecular formula is C15H25N3O2. The number of hydrogen-bond donors (Lipinski definition) is 3. The molecule has 0 aromatic carbocycles. The summed E-state index contributed by atoms with van der Waals surface area (Å²) in [6.45, 7) is 1.67. The molecule has 2 rings (SSSR count). The highest BCUT2D eigenvalue weighted by atomic mass is 16.2. The molecule has 5 nitrogen and oxygen atoms in total. The van der Waals surface area contributed by atoms with Crippen molar-refractivity contribution < 1.29 is 9.59 Å². The molecule has 0 atom stereocenters. The van der Waals surface area contributed by atoms with Gasteiger partial charge in [-0.15, -0.1) is 0 Å². The Bertz CT molecular complexity index is 375. The Hall–Kier alpha value is -1.52. The molecule has 1 saturated carbocycles. The minimum atomic E-state index is -0.151. The number of allylic oxidation sites excluding steroid dienone is 1. The van der Waals surface area contributed by atoms with Crippen LogP contribution < -0.4 is 16.0 Å². The van der Waals surface area contributed by atoms with Gasteiger partial charge >= 0.3 is 6.03 Å². The van der Waals surface area contributed by atoms with Crippen LogP contribution in [0.5, 0.6) is 0 Å². The van der Waals surface area contributed by atoms with Crippen molar-refractivity contribution in [3.63, 3.8) is 0 Å². The molecule has 2 aliphatic carbocycles. The number of rotatable bonds is 7. The highest BCUT2D eigenvalue weighted by Crippen LogP contribution is 2.28. The molecule has 5 heteroatoms. The second kappa shape index (κ2) is 7.92. The Morgan fingerprint density at radius 1 is 1.05 bits per heavy atom. The number of hydrogen-bond acceptors (Lipinski definition) is 2. The van der Waals surface area contributed by atoms with Crippen LogP contribution in [0, 0.1) is 5.92 Å². The standard InChI is InChI=1S/C15H25N3O2/c19-14(13-6-7-13)16-10-11-18-15(20)17-9-8-12-4-2-1-3-5-12/h4,13H,1-3,5-11H2,(H,16,19)(H2,17,18,20). The van der Waals surface area contributed by atoms with Gasteiger partial charge in [-0.05, 0) is 44.9 Å². The predicted molar refractivity (Wildman–Crippen MR) is 78.3 cm³/mol. The molecule has 0 heterocycles. The van der Waals surface area contributed by atoms with E-state index in [-0.39, 0.29) is 17.9 Å². The second-order valence-electron chi connectivity index (χ2n) is 5.61. The van der Waals surface area contributed by atoms with Gasteiger partial charge in [0.15, 0.2) is 0 Å². The first-order chi connectivity index (χ1) is 9.75. The molecule has 0 aromatic rings. The fraction of sp³-hybridized carbons (Fsp3) is 0.733. The largest absolute Gasteiger partial charge is 0.354 e. The normalized spacial score (nSPS) is 18.1. The van der Waals surface area contributed by atoms with Gasteiger partial charge in [0, 0.05) is 25.6 Å². The maximum absolute atomic E-state index is 11.5. The van der Waals surface area contributed by atoms with E-state index in [2.05, 4.69) is 22.0 Å². The molecular weight excluding hydrogens is 254 g/mol. The quantitative estimate of drug-likeness (QED) is 0.490. The van der Waals surface area contributed by atoms with Crippen molar-refractivity contribution in [2.45, 2.75) is 44.9 Å². The number of amides is 3. The fourth-order valence-corrected chi connectivity index (χ4v) is 2.38. The van der Waals surface area contributed by atoms with Crippen molar-refractivity contribution in [1.82, 2.24) is 16.0 Å². The van der Waals surface area contributed by atoms with Gasteiger partial charge in [0.25, 0.3) is 0 Å². The number of nitrogens with one attached hydrogen (secondary N) is 3. The van der Waals surface area contributed by atoms with Gasteiger partial charge in [-0.25, -0.2) is 4.79 Å². The van der Waals surface area contributed by atoms with Crippen molar-refractivity contribution in [3.8, 4) is 0 Å². The zero-order valence-electron chi connectivity index (χ0n) is 12.0. The third kappa shape index (κ3) is 5.63. The SMILES string of the molecule is O=C(NCCNC(=O)C1CC1)NCCC1=CCCCC1. The smallest absolute Gasteiger partial charge is 0.314 e. The summed E-state index contributed by atoms with van der Waals surface area (Å²) in [6, 6.07) is -0.151. The lowest BCUT2D eigenvalue weighted by molar-refractivity contribution is -0.122. The van der Waals surface area contributed by atoms with Gasteiger partial charge in [0.05, 0.1) is 0 Å². The molecule has 0 radical (unpaired) electrons. The maximum atomic E-state index is 11.5. The van der Waals surface area contributed by atoms with E-state index in [9.17, 15) is 9.59 Å². The van der Waals surface area contributed by atoms with Crippen LogP contribution in [-0.4, -0.2) is 31.6 Å². The van der Waals surface area contributed by atoms with Crippen LogP contribution in [0.3, 0.4) is 0 Å². The molecule has 0 aromatic heterocycles. The maximum Gasteiger partial charge on any atom is 0.314 e. The van der Waals surface area contributed by atoms with Gasteiger partial charge < -0.3 is 16.0 Å². The lowest BCUT2D eigenvalue weighted by atomic mass is 9.97. The first-order valence-corrected chi connectivity index (χ1v) is 7.73. The van der Waals surface area contributed by atoms with Gasteiger partial charge in [-0.2, -0.15) is 0 Å². The van der Waals surface area contributed by atoms with Crippen LogP contribution in [-0.2, 0) is 4.79 Å². The van der Waals surface area contributed by atoms with E-state index in [1.807, 2.05) is 0 Å². The van der Waals surface area contributed by atoms with E-state index in [0.717, 1.165) is 19.3 Å². The van der Waals surface area contributed by atoms with Crippen molar-refractivity contribution in [2.75, 3.05) is 19.6 Å². The van der Waals surface area contributed by atoms with Crippen molar-refractivity contribution >= 4 is 11.9 Å². The Labute approximate surface area is 120 Å². The second-order valence-corrected chi connectivity index (χ2v) is 5.61. The Morgan fingerprint density at radius 3 is 2.50 bits per heavy atom. The Kier molecular flexibility index (Phi) is 5.89. The van der Waals surface area contributed by atoms with Gasteiger partial charge in [-0.3, -0.25) is 4.79 Å². The summed E-state index contributed by atoms with van der Waals surface area (Å²) >= 11 is 0. The molecule has 0 unspecified atom stereocenters. The fourth-order valence-electron chi connectivity index (χ4n) is 2.38. The van der Waals surface area contributed by atoms with E-state index in [1.54, 1.807) is 0 Å². The molecule has 3 N–H and O–H groups in total. The van der Waals surface area contributed by atoms with Crippen LogP contribution in [0.25, 0.3) is 0 Å². The first-order valence-electron chi connectivity index (χ1n) is 7.73. The van der Waals surface area contributed by atoms with E-state index in [4.69, 9.17) is 0 Å².